The van der Waals surface area contributed by atoms with Crippen molar-refractivity contribution in [3.8, 4) is 0 Å². The van der Waals surface area contributed by atoms with Crippen LogP contribution in [-0.2, 0) is 14.3 Å². The van der Waals surface area contributed by atoms with Gasteiger partial charge >= 0.3 is 5.97 Å². The van der Waals surface area contributed by atoms with Crippen LogP contribution in [0.25, 0.3) is 0 Å². The second-order valence-corrected chi connectivity index (χ2v) is 3.38. The van der Waals surface area contributed by atoms with E-state index in [9.17, 15) is 9.59 Å². The van der Waals surface area contributed by atoms with Gasteiger partial charge in [-0.3, -0.25) is 9.69 Å². The van der Waals surface area contributed by atoms with Gasteiger partial charge in [0.1, 0.15) is 0 Å². The summed E-state index contributed by atoms with van der Waals surface area (Å²) in [5.41, 5.74) is 0.554. The van der Waals surface area contributed by atoms with Gasteiger partial charge in [-0.25, -0.2) is 4.79 Å². The molecule has 0 aromatic rings. The van der Waals surface area contributed by atoms with E-state index in [0.717, 1.165) is 6.54 Å². The van der Waals surface area contributed by atoms with Crippen LogP contribution in [0, 0.1) is 0 Å². The minimum Gasteiger partial charge on any atom is -0.466 e. The molecular weight excluding hydrogens is 208 g/mol. The van der Waals surface area contributed by atoms with E-state index >= 15 is 0 Å². The highest BCUT2D eigenvalue weighted by Crippen LogP contribution is 1.97. The van der Waals surface area contributed by atoms with Gasteiger partial charge in [0.05, 0.1) is 13.7 Å². The van der Waals surface area contributed by atoms with Gasteiger partial charge in [0, 0.05) is 19.2 Å². The molecule has 5 nitrogen and oxygen atoms in total. The maximum atomic E-state index is 11.2. The number of rotatable bonds is 6. The van der Waals surface area contributed by atoms with Crippen LogP contribution in [-0.4, -0.2) is 50.6 Å². The summed E-state index contributed by atoms with van der Waals surface area (Å²) < 4.78 is 4.58. The van der Waals surface area contributed by atoms with Gasteiger partial charge in [-0.1, -0.05) is 13.0 Å². The largest absolute Gasteiger partial charge is 0.466 e. The van der Waals surface area contributed by atoms with Crippen LogP contribution in [0.3, 0.4) is 0 Å². The molecule has 5 heteroatoms. The Morgan fingerprint density at radius 3 is 2.50 bits per heavy atom. The first-order chi connectivity index (χ1) is 7.54. The van der Waals surface area contributed by atoms with Crippen molar-refractivity contribution in [1.82, 2.24) is 10.2 Å². The summed E-state index contributed by atoms with van der Waals surface area (Å²) in [5, 5.41) is 2.56. The van der Waals surface area contributed by atoms with E-state index in [0.29, 0.717) is 18.7 Å². The van der Waals surface area contributed by atoms with Crippen molar-refractivity contribution in [2.24, 2.45) is 0 Å². The Kier molecular flexibility index (Phi) is 7.20. The molecule has 0 aromatic heterocycles. The highest BCUT2D eigenvalue weighted by molar-refractivity contribution is 5.87. The maximum absolute atomic E-state index is 11.2. The van der Waals surface area contributed by atoms with Crippen LogP contribution in [0.2, 0.25) is 0 Å². The van der Waals surface area contributed by atoms with Crippen molar-refractivity contribution >= 4 is 11.9 Å². The lowest BCUT2D eigenvalue weighted by atomic mass is 10.2. The average Bonchev–Trinajstić information content (AvgIpc) is 2.32. The molecule has 0 aliphatic heterocycles. The molecule has 0 spiro atoms. The molecule has 0 rings (SSSR count). The number of hydrogen-bond donors (Lipinski definition) is 1. The minimum absolute atomic E-state index is 0.0361. The molecule has 0 atom stereocenters. The van der Waals surface area contributed by atoms with Crippen LogP contribution in [0.5, 0.6) is 0 Å². The third kappa shape index (κ3) is 5.50. The Balaban J connectivity index is 4.23. The predicted molar refractivity (Wildman–Crippen MR) is 62.0 cm³/mol. The van der Waals surface area contributed by atoms with Crippen LogP contribution in [0.15, 0.2) is 11.6 Å². The fourth-order valence-corrected chi connectivity index (χ4v) is 1.10. The first-order valence-electron chi connectivity index (χ1n) is 5.23. The SMILES string of the molecule is CCN(CC=C(C)C(=O)OC)CC(=O)NC. The quantitative estimate of drug-likeness (QED) is 0.520. The van der Waals surface area contributed by atoms with Crippen molar-refractivity contribution in [1.29, 1.82) is 0 Å². The molecule has 0 unspecified atom stereocenters. The van der Waals surface area contributed by atoms with Gasteiger partial charge in [0.25, 0.3) is 0 Å². The Labute approximate surface area is 96.4 Å². The number of methoxy groups -OCH3 is 1. The monoisotopic (exact) mass is 228 g/mol. The first-order valence-corrected chi connectivity index (χ1v) is 5.23. The standard InChI is InChI=1S/C11H20N2O3/c1-5-13(8-10(14)12-3)7-6-9(2)11(15)16-4/h6H,5,7-8H2,1-4H3,(H,12,14). The van der Waals surface area contributed by atoms with Crippen LogP contribution in [0.4, 0.5) is 0 Å². The highest BCUT2D eigenvalue weighted by atomic mass is 16.5. The smallest absolute Gasteiger partial charge is 0.333 e. The molecule has 0 bridgehead atoms. The fraction of sp³-hybridized carbons (Fsp3) is 0.636. The summed E-state index contributed by atoms with van der Waals surface area (Å²) in [6.07, 6.45) is 1.76. The van der Waals surface area contributed by atoms with Crippen molar-refractivity contribution in [3.05, 3.63) is 11.6 Å². The highest BCUT2D eigenvalue weighted by Gasteiger charge is 2.07. The van der Waals surface area contributed by atoms with Gasteiger partial charge in [-0.05, 0) is 13.5 Å². The number of carbonyl (C=O) groups excluding carboxylic acids is 2. The zero-order valence-electron chi connectivity index (χ0n) is 10.4. The van der Waals surface area contributed by atoms with E-state index in [1.807, 2.05) is 11.8 Å². The number of likely N-dealkylation sites (N-methyl/N-ethyl adjacent to an activating group) is 2. The molecule has 16 heavy (non-hydrogen) atoms. The molecule has 0 fully saturated rings. The van der Waals surface area contributed by atoms with Gasteiger partial charge in [0.15, 0.2) is 0 Å². The summed E-state index contributed by atoms with van der Waals surface area (Å²) in [6, 6.07) is 0. The number of amides is 1. The molecule has 0 saturated heterocycles. The first kappa shape index (κ1) is 14.6. The molecule has 92 valence electrons. The predicted octanol–water partition coefficient (Wildman–Crippen LogP) is 0.174. The molecule has 1 N–H and O–H groups in total. The average molecular weight is 228 g/mol. The Hall–Kier alpha value is -1.36. The Morgan fingerprint density at radius 2 is 2.06 bits per heavy atom. The molecule has 0 saturated carbocycles. The van der Waals surface area contributed by atoms with E-state index in [4.69, 9.17) is 0 Å². The van der Waals surface area contributed by atoms with Crippen molar-refractivity contribution in [2.45, 2.75) is 13.8 Å². The topological polar surface area (TPSA) is 58.6 Å². The third-order valence-electron chi connectivity index (χ3n) is 2.26. The zero-order valence-corrected chi connectivity index (χ0v) is 10.4. The van der Waals surface area contributed by atoms with E-state index in [1.165, 1.54) is 7.11 Å². The number of hydrogen-bond acceptors (Lipinski definition) is 4. The van der Waals surface area contributed by atoms with Crippen LogP contribution >= 0.6 is 0 Å². The molecule has 0 aromatic carbocycles. The molecule has 1 amide bonds. The second-order valence-electron chi connectivity index (χ2n) is 3.38. The van der Waals surface area contributed by atoms with Crippen molar-refractivity contribution in [3.63, 3.8) is 0 Å². The van der Waals surface area contributed by atoms with E-state index in [1.54, 1.807) is 20.0 Å². The molecule has 0 heterocycles. The second kappa shape index (κ2) is 7.87. The number of nitrogens with zero attached hydrogens (tertiary/aromatic N) is 1. The maximum Gasteiger partial charge on any atom is 0.333 e. The zero-order chi connectivity index (χ0) is 12.6. The van der Waals surface area contributed by atoms with E-state index in [-0.39, 0.29) is 11.9 Å². The van der Waals surface area contributed by atoms with Gasteiger partial charge in [-0.2, -0.15) is 0 Å². The van der Waals surface area contributed by atoms with E-state index < -0.39 is 0 Å². The van der Waals surface area contributed by atoms with Gasteiger partial charge in [-0.15, -0.1) is 0 Å². The Bertz CT molecular complexity index is 274. The number of ether oxygens (including phenoxy) is 1. The molecule has 0 aliphatic rings. The third-order valence-corrected chi connectivity index (χ3v) is 2.26. The number of esters is 1. The summed E-state index contributed by atoms with van der Waals surface area (Å²) >= 11 is 0. The van der Waals surface area contributed by atoms with E-state index in [2.05, 4.69) is 10.1 Å². The number of carbonyl (C=O) groups is 2. The van der Waals surface area contributed by atoms with Crippen molar-refractivity contribution < 1.29 is 14.3 Å². The number of nitrogens with one attached hydrogen (secondary N) is 1. The normalized spacial score (nSPS) is 11.4. The molecule has 0 radical (unpaired) electrons. The summed E-state index contributed by atoms with van der Waals surface area (Å²) in [5.74, 6) is -0.373. The summed E-state index contributed by atoms with van der Waals surface area (Å²) in [7, 11) is 2.95. The molecular formula is C11H20N2O3. The lowest BCUT2D eigenvalue weighted by Crippen LogP contribution is -2.35. The lowest BCUT2D eigenvalue weighted by Gasteiger charge is -2.17. The van der Waals surface area contributed by atoms with Gasteiger partial charge in [0.2, 0.25) is 5.91 Å². The van der Waals surface area contributed by atoms with Crippen LogP contribution in [0.1, 0.15) is 13.8 Å². The van der Waals surface area contributed by atoms with Crippen molar-refractivity contribution in [2.75, 3.05) is 33.8 Å². The van der Waals surface area contributed by atoms with Gasteiger partial charge < -0.3 is 10.1 Å². The van der Waals surface area contributed by atoms with Crippen LogP contribution < -0.4 is 5.32 Å². The summed E-state index contributed by atoms with van der Waals surface area (Å²) in [6.45, 7) is 5.30. The fourth-order valence-electron chi connectivity index (χ4n) is 1.10. The Morgan fingerprint density at radius 1 is 1.44 bits per heavy atom. The minimum atomic E-state index is -0.337. The lowest BCUT2D eigenvalue weighted by molar-refractivity contribution is -0.136. The molecule has 0 aliphatic carbocycles. The summed E-state index contributed by atoms with van der Waals surface area (Å²) in [4.78, 5) is 24.2.